The van der Waals surface area contributed by atoms with Gasteiger partial charge in [0.05, 0.1) is 11.0 Å². The van der Waals surface area contributed by atoms with Crippen molar-refractivity contribution in [2.45, 2.75) is 32.6 Å². The zero-order chi connectivity index (χ0) is 23.7. The van der Waals surface area contributed by atoms with Gasteiger partial charge in [-0.2, -0.15) is 4.98 Å². The Morgan fingerprint density at radius 1 is 1.06 bits per heavy atom. The number of hydrogen-bond donors (Lipinski definition) is 0. The average molecular weight is 469 g/mol. The Labute approximate surface area is 195 Å². The third kappa shape index (κ3) is 3.38. The molecule has 3 aromatic rings. The molecule has 34 heavy (non-hydrogen) atoms. The third-order valence-corrected chi connectivity index (χ3v) is 7.43. The fourth-order valence-electron chi connectivity index (χ4n) is 5.14. The van der Waals surface area contributed by atoms with Crippen LogP contribution in [0.4, 0.5) is 20.6 Å². The van der Waals surface area contributed by atoms with E-state index in [-0.39, 0.29) is 12.3 Å². The average Bonchev–Trinajstić information content (AvgIpc) is 3.17. The Bertz CT molecular complexity index is 1290. The van der Waals surface area contributed by atoms with Crippen LogP contribution < -0.4 is 9.80 Å². The van der Waals surface area contributed by atoms with Gasteiger partial charge in [0.25, 0.3) is 17.8 Å². The van der Waals surface area contributed by atoms with E-state index in [1.165, 1.54) is 0 Å². The molecular formula is C24H26F2N6O2. The topological polar surface area (TPSA) is 78.6 Å². The Kier molecular flexibility index (Phi) is 4.59. The molecule has 5 heterocycles. The molecule has 1 atom stereocenters. The Morgan fingerprint density at radius 2 is 1.82 bits per heavy atom. The summed E-state index contributed by atoms with van der Waals surface area (Å²) in [5.41, 5.74) is 2.60. The van der Waals surface area contributed by atoms with Crippen molar-refractivity contribution >= 4 is 29.0 Å². The number of carbonyl (C=O) groups excluding carboxylic acids is 1. The second-order valence-corrected chi connectivity index (χ2v) is 9.74. The lowest BCUT2D eigenvalue weighted by atomic mass is 10.1. The number of fused-ring (bicyclic) bond motifs is 1. The maximum atomic E-state index is 13.7. The van der Waals surface area contributed by atoms with E-state index in [1.807, 2.05) is 41.8 Å². The highest BCUT2D eigenvalue weighted by atomic mass is 19.3. The number of nitrogens with zero attached hydrogens (tertiary/aromatic N) is 6. The van der Waals surface area contributed by atoms with E-state index < -0.39 is 11.3 Å². The van der Waals surface area contributed by atoms with Crippen LogP contribution in [-0.2, 0) is 0 Å². The first-order valence-corrected chi connectivity index (χ1v) is 11.6. The molecule has 1 spiro atoms. The second-order valence-electron chi connectivity index (χ2n) is 9.74. The highest BCUT2D eigenvalue weighted by molar-refractivity contribution is 5.95. The van der Waals surface area contributed by atoms with Gasteiger partial charge in [0.1, 0.15) is 5.82 Å². The number of rotatable bonds is 3. The smallest absolute Gasteiger partial charge is 0.300 e. The molecule has 10 heteroatoms. The van der Waals surface area contributed by atoms with Crippen molar-refractivity contribution < 1.29 is 18.0 Å². The maximum absolute atomic E-state index is 13.7. The van der Waals surface area contributed by atoms with Gasteiger partial charge in [-0.3, -0.25) is 4.79 Å². The summed E-state index contributed by atoms with van der Waals surface area (Å²) in [5.74, 6) is -1.96. The minimum atomic E-state index is -2.55. The monoisotopic (exact) mass is 468 g/mol. The third-order valence-electron chi connectivity index (χ3n) is 7.43. The number of carbonyl (C=O) groups is 1. The molecule has 3 aromatic heterocycles. The number of hydrogen-bond acceptors (Lipinski definition) is 7. The summed E-state index contributed by atoms with van der Waals surface area (Å²) >= 11 is 0. The maximum Gasteiger partial charge on any atom is 0.300 e. The van der Waals surface area contributed by atoms with Gasteiger partial charge in [0.2, 0.25) is 5.65 Å². The number of alkyl halides is 2. The van der Waals surface area contributed by atoms with Gasteiger partial charge in [-0.15, -0.1) is 0 Å². The van der Waals surface area contributed by atoms with Crippen LogP contribution in [-0.4, -0.2) is 71.0 Å². The first-order valence-electron chi connectivity index (χ1n) is 11.6. The molecular weight excluding hydrogens is 442 g/mol. The number of pyridine rings is 2. The number of oxazole rings is 1. The Morgan fingerprint density at radius 3 is 2.50 bits per heavy atom. The van der Waals surface area contributed by atoms with Crippen LogP contribution >= 0.6 is 0 Å². The highest BCUT2D eigenvalue weighted by Crippen LogP contribution is 2.65. The zero-order valence-electron chi connectivity index (χ0n) is 19.2. The summed E-state index contributed by atoms with van der Waals surface area (Å²) in [7, 11) is 0. The van der Waals surface area contributed by atoms with Gasteiger partial charge in [-0.1, -0.05) is 0 Å². The predicted octanol–water partition coefficient (Wildman–Crippen LogP) is 3.43. The van der Waals surface area contributed by atoms with Gasteiger partial charge < -0.3 is 19.1 Å². The molecule has 8 nitrogen and oxygen atoms in total. The Hall–Kier alpha value is -3.30. The normalized spacial score (nSPS) is 23.8. The molecule has 0 bridgehead atoms. The molecule has 0 aromatic carbocycles. The summed E-state index contributed by atoms with van der Waals surface area (Å²) < 4.78 is 33.3. The summed E-state index contributed by atoms with van der Waals surface area (Å²) in [6, 6.07) is 6.12. The minimum absolute atomic E-state index is 0.0300. The van der Waals surface area contributed by atoms with E-state index >= 15 is 0 Å². The van der Waals surface area contributed by atoms with Gasteiger partial charge in [-0.25, -0.2) is 18.7 Å². The molecule has 0 N–H and O–H groups in total. The zero-order valence-corrected chi connectivity index (χ0v) is 19.2. The predicted molar refractivity (Wildman–Crippen MR) is 122 cm³/mol. The summed E-state index contributed by atoms with van der Waals surface area (Å²) in [6.45, 7) is 6.96. The van der Waals surface area contributed by atoms with E-state index in [4.69, 9.17) is 4.42 Å². The SMILES string of the molecule is Cc1ccc2oc(N3CCN(C(=O)c4cnc(N5CCC6(C5)CC6(F)F)cc4C)CC3)nc2n1. The molecule has 1 amide bonds. The van der Waals surface area contributed by atoms with Gasteiger partial charge in [0.15, 0.2) is 5.58 Å². The van der Waals surface area contributed by atoms with Crippen LogP contribution in [0.15, 0.2) is 28.8 Å². The highest BCUT2D eigenvalue weighted by Gasteiger charge is 2.72. The lowest BCUT2D eigenvalue weighted by Gasteiger charge is -2.34. The number of halogens is 2. The molecule has 3 aliphatic rings. The number of aromatic nitrogens is 3. The van der Waals surface area contributed by atoms with Crippen LogP contribution in [0.5, 0.6) is 0 Å². The number of aryl methyl sites for hydroxylation is 2. The number of anilines is 2. The van der Waals surface area contributed by atoms with E-state index in [9.17, 15) is 13.6 Å². The summed E-state index contributed by atoms with van der Waals surface area (Å²) in [6.07, 6.45) is 2.05. The second kappa shape index (κ2) is 7.35. The van der Waals surface area contributed by atoms with E-state index in [0.29, 0.717) is 74.3 Å². The van der Waals surface area contributed by atoms with Crippen molar-refractivity contribution in [3.8, 4) is 0 Å². The quantitative estimate of drug-likeness (QED) is 0.583. The van der Waals surface area contributed by atoms with Crippen LogP contribution in [0.25, 0.3) is 11.2 Å². The van der Waals surface area contributed by atoms with Gasteiger partial charge in [-0.05, 0) is 44.0 Å². The van der Waals surface area contributed by atoms with Crippen LogP contribution in [0.2, 0.25) is 0 Å². The van der Waals surface area contributed by atoms with E-state index in [0.717, 1.165) is 11.3 Å². The molecule has 178 valence electrons. The Balaban J connectivity index is 1.11. The molecule has 2 saturated heterocycles. The molecule has 1 aliphatic carbocycles. The van der Waals surface area contributed by atoms with Crippen LogP contribution in [0, 0.1) is 19.3 Å². The molecule has 0 radical (unpaired) electrons. The molecule has 6 rings (SSSR count). The minimum Gasteiger partial charge on any atom is -0.422 e. The van der Waals surface area contributed by atoms with Crippen molar-refractivity contribution in [2.24, 2.45) is 5.41 Å². The van der Waals surface area contributed by atoms with Gasteiger partial charge in [0, 0.05) is 57.6 Å². The molecule has 1 saturated carbocycles. The fraction of sp³-hybridized carbons (Fsp3) is 0.500. The first-order chi connectivity index (χ1) is 16.2. The lowest BCUT2D eigenvalue weighted by Crippen LogP contribution is -2.49. The molecule has 1 unspecified atom stereocenters. The van der Waals surface area contributed by atoms with Crippen molar-refractivity contribution in [3.63, 3.8) is 0 Å². The van der Waals surface area contributed by atoms with Gasteiger partial charge >= 0.3 is 0 Å². The lowest BCUT2D eigenvalue weighted by molar-refractivity contribution is 0.0710. The summed E-state index contributed by atoms with van der Waals surface area (Å²) in [5, 5.41) is 0. The fourth-order valence-corrected chi connectivity index (χ4v) is 5.14. The van der Waals surface area contributed by atoms with Crippen LogP contribution in [0.3, 0.4) is 0 Å². The number of piperazine rings is 1. The summed E-state index contributed by atoms with van der Waals surface area (Å²) in [4.78, 5) is 32.3. The first kappa shape index (κ1) is 21.2. The van der Waals surface area contributed by atoms with Crippen molar-refractivity contribution in [2.75, 3.05) is 49.1 Å². The standard InChI is InChI=1S/C24H26F2N6O2/c1-15-11-19(32-6-5-23(14-32)13-24(23,25)26)27-12-17(15)21(33)30-7-9-31(10-8-30)22-29-20-18(34-22)4-3-16(2)28-20/h3-4,11-12H,5-10,13-14H2,1-2H3. The number of amides is 1. The molecule has 2 aliphatic heterocycles. The van der Waals surface area contributed by atoms with E-state index in [1.54, 1.807) is 11.1 Å². The van der Waals surface area contributed by atoms with Crippen LogP contribution in [0.1, 0.15) is 34.5 Å². The van der Waals surface area contributed by atoms with E-state index in [2.05, 4.69) is 15.0 Å². The van der Waals surface area contributed by atoms with Crippen molar-refractivity contribution in [1.82, 2.24) is 19.9 Å². The molecule has 3 fully saturated rings. The largest absolute Gasteiger partial charge is 0.422 e. The van der Waals surface area contributed by atoms with Crippen molar-refractivity contribution in [1.29, 1.82) is 0 Å². The van der Waals surface area contributed by atoms with Crippen molar-refractivity contribution in [3.05, 3.63) is 41.2 Å².